The first kappa shape index (κ1) is 11.5. The fraction of sp³-hybridized carbons (Fsp3) is 0.231. The summed E-state index contributed by atoms with van der Waals surface area (Å²) in [4.78, 5) is 7.88. The molecule has 0 saturated carbocycles. The Balaban J connectivity index is 2.11. The van der Waals surface area contributed by atoms with Crippen LogP contribution in [-0.4, -0.2) is 17.1 Å². The van der Waals surface area contributed by atoms with E-state index in [0.717, 1.165) is 17.5 Å². The fourth-order valence-corrected chi connectivity index (χ4v) is 1.68. The number of hydrogen-bond acceptors (Lipinski definition) is 3. The molecule has 0 unspecified atom stereocenters. The Morgan fingerprint density at radius 1 is 1.18 bits per heavy atom. The molecule has 2 aromatic rings. The van der Waals surface area contributed by atoms with Gasteiger partial charge in [0.2, 0.25) is 0 Å². The van der Waals surface area contributed by atoms with E-state index in [9.17, 15) is 4.39 Å². The standard InChI is InChI=1S/C13H13FN2O/c1-17-13-5-4-12(14)6-11(13)3-2-10-7-15-9-16-8-10/h4-9H,2-3H2,1H3. The van der Waals surface area contributed by atoms with Crippen LogP contribution in [0.25, 0.3) is 0 Å². The highest BCUT2D eigenvalue weighted by atomic mass is 19.1. The number of nitrogens with zero attached hydrogens (tertiary/aromatic N) is 2. The van der Waals surface area contributed by atoms with Crippen molar-refractivity contribution >= 4 is 0 Å². The highest BCUT2D eigenvalue weighted by molar-refractivity contribution is 5.34. The molecule has 0 aliphatic rings. The molecule has 0 saturated heterocycles. The molecule has 0 N–H and O–H groups in total. The van der Waals surface area contributed by atoms with E-state index in [2.05, 4.69) is 9.97 Å². The number of ether oxygens (including phenoxy) is 1. The van der Waals surface area contributed by atoms with Crippen LogP contribution in [-0.2, 0) is 12.8 Å². The van der Waals surface area contributed by atoms with E-state index in [-0.39, 0.29) is 5.82 Å². The van der Waals surface area contributed by atoms with Crippen molar-refractivity contribution in [1.82, 2.24) is 9.97 Å². The van der Waals surface area contributed by atoms with Gasteiger partial charge in [0.1, 0.15) is 17.9 Å². The molecule has 2 rings (SSSR count). The van der Waals surface area contributed by atoms with Crippen LogP contribution in [0.15, 0.2) is 36.9 Å². The van der Waals surface area contributed by atoms with Gasteiger partial charge in [-0.2, -0.15) is 0 Å². The molecular formula is C13H13FN2O. The van der Waals surface area contributed by atoms with Crippen molar-refractivity contribution in [2.75, 3.05) is 7.11 Å². The first-order chi connectivity index (χ1) is 8.29. The molecule has 0 fully saturated rings. The number of benzene rings is 1. The molecule has 1 aromatic carbocycles. The lowest BCUT2D eigenvalue weighted by Crippen LogP contribution is -1.97. The highest BCUT2D eigenvalue weighted by Crippen LogP contribution is 2.20. The third kappa shape index (κ3) is 3.00. The molecule has 17 heavy (non-hydrogen) atoms. The van der Waals surface area contributed by atoms with E-state index >= 15 is 0 Å². The van der Waals surface area contributed by atoms with Crippen molar-refractivity contribution in [3.63, 3.8) is 0 Å². The van der Waals surface area contributed by atoms with Crippen molar-refractivity contribution in [1.29, 1.82) is 0 Å². The lowest BCUT2D eigenvalue weighted by Gasteiger charge is -2.08. The molecule has 0 bridgehead atoms. The van der Waals surface area contributed by atoms with Gasteiger partial charge >= 0.3 is 0 Å². The molecule has 1 heterocycles. The van der Waals surface area contributed by atoms with Crippen LogP contribution in [0.4, 0.5) is 4.39 Å². The third-order valence-electron chi connectivity index (χ3n) is 2.54. The minimum atomic E-state index is -0.245. The average molecular weight is 232 g/mol. The second-order valence-electron chi connectivity index (χ2n) is 3.70. The number of rotatable bonds is 4. The first-order valence-electron chi connectivity index (χ1n) is 5.36. The van der Waals surface area contributed by atoms with Crippen LogP contribution in [0.2, 0.25) is 0 Å². The van der Waals surface area contributed by atoms with Gasteiger partial charge in [-0.05, 0) is 42.2 Å². The van der Waals surface area contributed by atoms with Gasteiger partial charge in [-0.3, -0.25) is 0 Å². The summed E-state index contributed by atoms with van der Waals surface area (Å²) in [6, 6.07) is 4.54. The number of hydrogen-bond donors (Lipinski definition) is 0. The summed E-state index contributed by atoms with van der Waals surface area (Å²) in [6.07, 6.45) is 6.48. The Hall–Kier alpha value is -1.97. The predicted molar refractivity (Wildman–Crippen MR) is 62.4 cm³/mol. The monoisotopic (exact) mass is 232 g/mol. The van der Waals surface area contributed by atoms with Gasteiger partial charge in [-0.15, -0.1) is 0 Å². The van der Waals surface area contributed by atoms with Crippen molar-refractivity contribution in [3.8, 4) is 5.75 Å². The van der Waals surface area contributed by atoms with Crippen LogP contribution in [0, 0.1) is 5.82 Å². The molecule has 0 spiro atoms. The zero-order valence-electron chi connectivity index (χ0n) is 9.56. The van der Waals surface area contributed by atoms with Crippen molar-refractivity contribution in [2.45, 2.75) is 12.8 Å². The Labute approximate surface area is 99.3 Å². The van der Waals surface area contributed by atoms with Gasteiger partial charge in [0.05, 0.1) is 7.11 Å². The third-order valence-corrected chi connectivity index (χ3v) is 2.54. The molecule has 0 aliphatic carbocycles. The molecule has 3 nitrogen and oxygen atoms in total. The van der Waals surface area contributed by atoms with Gasteiger partial charge in [-0.1, -0.05) is 0 Å². The summed E-state index contributed by atoms with van der Waals surface area (Å²) in [7, 11) is 1.59. The topological polar surface area (TPSA) is 35.0 Å². The van der Waals surface area contributed by atoms with E-state index in [1.165, 1.54) is 18.5 Å². The second-order valence-corrected chi connectivity index (χ2v) is 3.70. The Morgan fingerprint density at radius 3 is 2.65 bits per heavy atom. The molecule has 88 valence electrons. The Morgan fingerprint density at radius 2 is 1.94 bits per heavy atom. The SMILES string of the molecule is COc1ccc(F)cc1CCc1cncnc1. The maximum Gasteiger partial charge on any atom is 0.123 e. The number of aryl methyl sites for hydroxylation is 2. The van der Waals surface area contributed by atoms with Gasteiger partial charge in [-0.25, -0.2) is 14.4 Å². The summed E-state index contributed by atoms with van der Waals surface area (Å²) in [5.74, 6) is 0.466. The van der Waals surface area contributed by atoms with E-state index in [1.807, 2.05) is 0 Å². The zero-order valence-corrected chi connectivity index (χ0v) is 9.56. The van der Waals surface area contributed by atoms with Crippen LogP contribution < -0.4 is 4.74 Å². The maximum atomic E-state index is 13.1. The van der Waals surface area contributed by atoms with E-state index < -0.39 is 0 Å². The van der Waals surface area contributed by atoms with Crippen LogP contribution >= 0.6 is 0 Å². The molecule has 1 aromatic heterocycles. The Bertz CT molecular complexity index is 488. The zero-order chi connectivity index (χ0) is 12.1. The smallest absolute Gasteiger partial charge is 0.123 e. The molecule has 0 amide bonds. The summed E-state index contributed by atoms with van der Waals surface area (Å²) < 4.78 is 18.3. The van der Waals surface area contributed by atoms with E-state index in [4.69, 9.17) is 4.74 Å². The minimum Gasteiger partial charge on any atom is -0.496 e. The Kier molecular flexibility index (Phi) is 3.65. The van der Waals surface area contributed by atoms with Crippen molar-refractivity contribution in [3.05, 3.63) is 53.9 Å². The van der Waals surface area contributed by atoms with Crippen LogP contribution in [0.5, 0.6) is 5.75 Å². The lowest BCUT2D eigenvalue weighted by molar-refractivity contribution is 0.408. The second kappa shape index (κ2) is 5.39. The lowest BCUT2D eigenvalue weighted by atomic mass is 10.1. The van der Waals surface area contributed by atoms with Crippen LogP contribution in [0.3, 0.4) is 0 Å². The molecule has 0 aliphatic heterocycles. The maximum absolute atomic E-state index is 13.1. The average Bonchev–Trinajstić information content (AvgIpc) is 2.38. The predicted octanol–water partition coefficient (Wildman–Crippen LogP) is 2.41. The minimum absolute atomic E-state index is 0.245. The van der Waals surface area contributed by atoms with Gasteiger partial charge in [0, 0.05) is 12.4 Å². The van der Waals surface area contributed by atoms with Gasteiger partial charge < -0.3 is 4.74 Å². The normalized spacial score (nSPS) is 10.2. The molecule has 0 radical (unpaired) electrons. The van der Waals surface area contributed by atoms with Crippen LogP contribution in [0.1, 0.15) is 11.1 Å². The van der Waals surface area contributed by atoms with E-state index in [0.29, 0.717) is 12.2 Å². The largest absolute Gasteiger partial charge is 0.496 e. The quantitative estimate of drug-likeness (QED) is 0.812. The summed E-state index contributed by atoms with van der Waals surface area (Å²) >= 11 is 0. The van der Waals surface area contributed by atoms with E-state index in [1.54, 1.807) is 25.6 Å². The molecule has 0 atom stereocenters. The highest BCUT2D eigenvalue weighted by Gasteiger charge is 2.05. The summed E-state index contributed by atoms with van der Waals surface area (Å²) in [6.45, 7) is 0. The van der Waals surface area contributed by atoms with Crippen molar-refractivity contribution in [2.24, 2.45) is 0 Å². The fourth-order valence-electron chi connectivity index (χ4n) is 1.68. The van der Waals surface area contributed by atoms with Gasteiger partial charge in [0.25, 0.3) is 0 Å². The number of methoxy groups -OCH3 is 1. The summed E-state index contributed by atoms with van der Waals surface area (Å²) in [5.41, 5.74) is 1.88. The first-order valence-corrected chi connectivity index (χ1v) is 5.36. The molecular weight excluding hydrogens is 219 g/mol. The molecule has 4 heteroatoms. The number of aromatic nitrogens is 2. The number of halogens is 1. The summed E-state index contributed by atoms with van der Waals surface area (Å²) in [5, 5.41) is 0. The van der Waals surface area contributed by atoms with Gasteiger partial charge in [0.15, 0.2) is 0 Å². The van der Waals surface area contributed by atoms with Crippen molar-refractivity contribution < 1.29 is 9.13 Å².